The molecule has 0 aliphatic heterocycles. The van der Waals surface area contributed by atoms with E-state index in [0.29, 0.717) is 18.3 Å². The molecule has 0 amide bonds. The van der Waals surface area contributed by atoms with Crippen molar-refractivity contribution in [2.45, 2.75) is 31.7 Å². The molecule has 1 saturated carbocycles. The zero-order chi connectivity index (χ0) is 14.5. The second-order valence-electron chi connectivity index (χ2n) is 5.26. The largest absolute Gasteiger partial charge is 0.378 e. The second kappa shape index (κ2) is 7.04. The molecule has 110 valence electrons. The molecule has 0 radical (unpaired) electrons. The Kier molecular flexibility index (Phi) is 5.37. The fraction of sp³-hybridized carbons (Fsp3) is 0.571. The molecule has 2 rings (SSSR count). The van der Waals surface area contributed by atoms with Crippen LogP contribution in [0.5, 0.6) is 0 Å². The van der Waals surface area contributed by atoms with Crippen molar-refractivity contribution in [2.24, 2.45) is 0 Å². The predicted octanol–water partition coefficient (Wildman–Crippen LogP) is 3.64. The number of nitrogens with zero attached hydrogens (tertiary/aromatic N) is 2. The van der Waals surface area contributed by atoms with E-state index in [4.69, 9.17) is 0 Å². The number of rotatable bonds is 6. The van der Waals surface area contributed by atoms with Crippen molar-refractivity contribution in [2.75, 3.05) is 25.5 Å². The number of likely N-dealkylation sites (N-methyl/N-ethyl adjacent to an activating group) is 1. The molecular weight excluding hydrogens is 322 g/mol. The molecule has 0 saturated heterocycles. The first-order valence-corrected chi connectivity index (χ1v) is 7.75. The van der Waals surface area contributed by atoms with Crippen molar-refractivity contribution in [3.63, 3.8) is 0 Å². The van der Waals surface area contributed by atoms with Crippen molar-refractivity contribution in [3.05, 3.63) is 32.8 Å². The van der Waals surface area contributed by atoms with Crippen LogP contribution in [0.15, 0.2) is 22.7 Å². The minimum Gasteiger partial charge on any atom is -0.378 e. The van der Waals surface area contributed by atoms with Gasteiger partial charge < -0.3 is 10.2 Å². The van der Waals surface area contributed by atoms with E-state index in [1.807, 2.05) is 0 Å². The van der Waals surface area contributed by atoms with Crippen LogP contribution in [0.3, 0.4) is 0 Å². The number of hydrogen-bond donors (Lipinski definition) is 1. The molecule has 20 heavy (non-hydrogen) atoms. The molecule has 0 unspecified atom stereocenters. The van der Waals surface area contributed by atoms with Crippen molar-refractivity contribution in [1.82, 2.24) is 4.90 Å². The van der Waals surface area contributed by atoms with E-state index in [1.54, 1.807) is 12.1 Å². The zero-order valence-electron chi connectivity index (χ0n) is 11.6. The highest BCUT2D eigenvalue weighted by atomic mass is 79.9. The van der Waals surface area contributed by atoms with Gasteiger partial charge in [0, 0.05) is 29.7 Å². The van der Waals surface area contributed by atoms with Gasteiger partial charge in [0.1, 0.15) is 5.69 Å². The first-order valence-electron chi connectivity index (χ1n) is 6.96. The molecule has 0 bridgehead atoms. The van der Waals surface area contributed by atoms with E-state index >= 15 is 0 Å². The van der Waals surface area contributed by atoms with Gasteiger partial charge in [0.25, 0.3) is 5.69 Å². The molecule has 0 aromatic heterocycles. The zero-order valence-corrected chi connectivity index (χ0v) is 13.2. The summed E-state index contributed by atoms with van der Waals surface area (Å²) in [6.45, 7) is 1.61. The summed E-state index contributed by atoms with van der Waals surface area (Å²) in [5, 5.41) is 14.2. The maximum atomic E-state index is 11.0. The third-order valence-electron chi connectivity index (χ3n) is 3.88. The van der Waals surface area contributed by atoms with Gasteiger partial charge >= 0.3 is 0 Å². The van der Waals surface area contributed by atoms with E-state index in [-0.39, 0.29) is 10.6 Å². The molecule has 1 fully saturated rings. The number of hydrogen-bond acceptors (Lipinski definition) is 4. The first-order chi connectivity index (χ1) is 9.58. The molecule has 1 aromatic rings. The van der Waals surface area contributed by atoms with Crippen LogP contribution in [0.2, 0.25) is 0 Å². The van der Waals surface area contributed by atoms with Gasteiger partial charge in [-0.3, -0.25) is 10.1 Å². The Morgan fingerprint density at radius 3 is 2.80 bits per heavy atom. The molecule has 1 N–H and O–H groups in total. The van der Waals surface area contributed by atoms with Crippen LogP contribution in [0.1, 0.15) is 25.7 Å². The normalized spacial score (nSPS) is 15.8. The third kappa shape index (κ3) is 3.93. The van der Waals surface area contributed by atoms with Crippen LogP contribution in [0.4, 0.5) is 11.4 Å². The Morgan fingerprint density at radius 2 is 2.15 bits per heavy atom. The third-order valence-corrected chi connectivity index (χ3v) is 4.38. The number of nitrogens with one attached hydrogen (secondary N) is 1. The summed E-state index contributed by atoms with van der Waals surface area (Å²) in [5.41, 5.74) is 0.695. The summed E-state index contributed by atoms with van der Waals surface area (Å²) >= 11 is 3.35. The average molecular weight is 342 g/mol. The van der Waals surface area contributed by atoms with Crippen LogP contribution in [-0.4, -0.2) is 36.0 Å². The van der Waals surface area contributed by atoms with Crippen LogP contribution in [-0.2, 0) is 0 Å². The van der Waals surface area contributed by atoms with E-state index in [9.17, 15) is 10.1 Å². The fourth-order valence-corrected chi connectivity index (χ4v) is 3.06. The average Bonchev–Trinajstić information content (AvgIpc) is 2.92. The van der Waals surface area contributed by atoms with Gasteiger partial charge in [-0.15, -0.1) is 0 Å². The van der Waals surface area contributed by atoms with Crippen molar-refractivity contribution in [3.8, 4) is 0 Å². The minimum atomic E-state index is -0.352. The molecule has 0 atom stereocenters. The van der Waals surface area contributed by atoms with Gasteiger partial charge in [-0.05, 0) is 32.0 Å². The number of benzene rings is 1. The summed E-state index contributed by atoms with van der Waals surface area (Å²) < 4.78 is 0.842. The topological polar surface area (TPSA) is 58.4 Å². The summed E-state index contributed by atoms with van der Waals surface area (Å²) in [7, 11) is 2.13. The van der Waals surface area contributed by atoms with Crippen molar-refractivity contribution in [1.29, 1.82) is 0 Å². The Morgan fingerprint density at radius 1 is 1.45 bits per heavy atom. The lowest BCUT2D eigenvalue weighted by atomic mass is 10.2. The van der Waals surface area contributed by atoms with Gasteiger partial charge in [0.05, 0.1) is 4.92 Å². The van der Waals surface area contributed by atoms with E-state index in [1.165, 1.54) is 31.7 Å². The van der Waals surface area contributed by atoms with Gasteiger partial charge in [0.2, 0.25) is 0 Å². The van der Waals surface area contributed by atoms with Gasteiger partial charge in [0.15, 0.2) is 0 Å². The number of halogens is 1. The number of nitro benzene ring substituents is 1. The van der Waals surface area contributed by atoms with Crippen LogP contribution >= 0.6 is 15.9 Å². The lowest BCUT2D eigenvalue weighted by molar-refractivity contribution is -0.384. The van der Waals surface area contributed by atoms with Gasteiger partial charge in [-0.25, -0.2) is 0 Å². The van der Waals surface area contributed by atoms with Crippen molar-refractivity contribution < 1.29 is 4.92 Å². The molecule has 1 aromatic carbocycles. The standard InChI is InChI=1S/C14H20BrN3O2/c1-17(12-4-2-3-5-12)9-8-16-13-10-11(15)6-7-14(13)18(19)20/h6-7,10,12,16H,2-5,8-9H2,1H3. The van der Waals surface area contributed by atoms with Crippen LogP contribution < -0.4 is 5.32 Å². The predicted molar refractivity (Wildman–Crippen MR) is 84.2 cm³/mol. The van der Waals surface area contributed by atoms with E-state index in [0.717, 1.165) is 11.0 Å². The highest BCUT2D eigenvalue weighted by Crippen LogP contribution is 2.28. The van der Waals surface area contributed by atoms with E-state index in [2.05, 4.69) is 33.2 Å². The molecule has 0 spiro atoms. The lowest BCUT2D eigenvalue weighted by Gasteiger charge is -2.24. The highest BCUT2D eigenvalue weighted by molar-refractivity contribution is 9.10. The molecule has 1 aliphatic rings. The van der Waals surface area contributed by atoms with Gasteiger partial charge in [-0.2, -0.15) is 0 Å². The highest BCUT2D eigenvalue weighted by Gasteiger charge is 2.19. The SMILES string of the molecule is CN(CCNc1cc(Br)ccc1[N+](=O)[O-])C1CCCC1. The maximum absolute atomic E-state index is 11.0. The fourth-order valence-electron chi connectivity index (χ4n) is 2.70. The van der Waals surface area contributed by atoms with Crippen LogP contribution in [0, 0.1) is 10.1 Å². The minimum absolute atomic E-state index is 0.122. The summed E-state index contributed by atoms with van der Waals surface area (Å²) in [4.78, 5) is 13.0. The molecule has 5 nitrogen and oxygen atoms in total. The maximum Gasteiger partial charge on any atom is 0.292 e. The second-order valence-corrected chi connectivity index (χ2v) is 6.18. The smallest absolute Gasteiger partial charge is 0.292 e. The van der Waals surface area contributed by atoms with Crippen molar-refractivity contribution >= 4 is 27.3 Å². The summed E-state index contributed by atoms with van der Waals surface area (Å²) in [6.07, 6.45) is 5.18. The summed E-state index contributed by atoms with van der Waals surface area (Å²) in [6, 6.07) is 5.64. The Hall–Kier alpha value is -1.14. The molecule has 6 heteroatoms. The Labute approximate surface area is 127 Å². The monoisotopic (exact) mass is 341 g/mol. The van der Waals surface area contributed by atoms with Gasteiger partial charge in [-0.1, -0.05) is 28.8 Å². The first kappa shape index (κ1) is 15.3. The Bertz CT molecular complexity index is 475. The number of anilines is 1. The van der Waals surface area contributed by atoms with E-state index < -0.39 is 0 Å². The quantitative estimate of drug-likeness (QED) is 0.633. The summed E-state index contributed by atoms with van der Waals surface area (Å²) in [5.74, 6) is 0. The molecule has 1 aliphatic carbocycles. The molecular formula is C14H20BrN3O2. The lowest BCUT2D eigenvalue weighted by Crippen LogP contribution is -2.33. The molecule has 0 heterocycles. The van der Waals surface area contributed by atoms with Crippen LogP contribution in [0.25, 0.3) is 0 Å². The Balaban J connectivity index is 1.90. The number of nitro groups is 1.